The molecule has 2 aromatic heterocycles. The summed E-state index contributed by atoms with van der Waals surface area (Å²) >= 11 is 0. The molecule has 0 spiro atoms. The lowest BCUT2D eigenvalue weighted by molar-refractivity contribution is -0.120. The van der Waals surface area contributed by atoms with Gasteiger partial charge in [-0.1, -0.05) is 6.07 Å². The average Bonchev–Trinajstić information content (AvgIpc) is 3.26. The van der Waals surface area contributed by atoms with E-state index in [1.54, 1.807) is 18.9 Å². The van der Waals surface area contributed by atoms with Gasteiger partial charge in [0.2, 0.25) is 5.91 Å². The number of benzene rings is 1. The fraction of sp³-hybridized carbons (Fsp3) is 0.333. The molecule has 144 valence electrons. The first-order chi connectivity index (χ1) is 13.6. The SMILES string of the molecule is Cc1ccc(NC(=O)C2CCN(c3cc(-n4ccnc4)ncn3)CC2)cc1C. The zero-order valence-corrected chi connectivity index (χ0v) is 16.2. The number of piperidine rings is 1. The number of carbonyl (C=O) groups excluding carboxylic acids is 1. The maximum Gasteiger partial charge on any atom is 0.227 e. The standard InChI is InChI=1S/C21H24N6O/c1-15-3-4-18(11-16(15)2)25-21(28)17-5-8-26(9-6-17)19-12-20(24-13-23-19)27-10-7-22-14-27/h3-4,7,10-14,17H,5-6,8-9H2,1-2H3,(H,25,28). The summed E-state index contributed by atoms with van der Waals surface area (Å²) < 4.78 is 1.86. The molecule has 28 heavy (non-hydrogen) atoms. The molecule has 1 aliphatic rings. The van der Waals surface area contributed by atoms with Crippen molar-refractivity contribution >= 4 is 17.4 Å². The molecule has 0 atom stereocenters. The van der Waals surface area contributed by atoms with Crippen molar-refractivity contribution in [2.45, 2.75) is 26.7 Å². The summed E-state index contributed by atoms with van der Waals surface area (Å²) in [6.07, 6.45) is 8.48. The number of hydrogen-bond acceptors (Lipinski definition) is 5. The van der Waals surface area contributed by atoms with E-state index in [1.807, 2.05) is 35.0 Å². The number of anilines is 2. The Morgan fingerprint density at radius 2 is 1.86 bits per heavy atom. The van der Waals surface area contributed by atoms with Gasteiger partial charge in [0.25, 0.3) is 0 Å². The minimum absolute atomic E-state index is 0.0211. The number of imidazole rings is 1. The number of rotatable bonds is 4. The van der Waals surface area contributed by atoms with Gasteiger partial charge in [0.05, 0.1) is 0 Å². The third-order valence-electron chi connectivity index (χ3n) is 5.37. The van der Waals surface area contributed by atoms with Gasteiger partial charge in [-0.15, -0.1) is 0 Å². The van der Waals surface area contributed by atoms with Crippen molar-refractivity contribution in [1.29, 1.82) is 0 Å². The van der Waals surface area contributed by atoms with E-state index in [0.717, 1.165) is 43.3 Å². The van der Waals surface area contributed by atoms with Crippen molar-refractivity contribution in [2.24, 2.45) is 5.92 Å². The second kappa shape index (κ2) is 7.80. The van der Waals surface area contributed by atoms with Crippen LogP contribution in [0.2, 0.25) is 0 Å². The molecule has 1 fully saturated rings. The topological polar surface area (TPSA) is 75.9 Å². The number of carbonyl (C=O) groups is 1. The molecule has 0 bridgehead atoms. The summed E-state index contributed by atoms with van der Waals surface area (Å²) in [4.78, 5) is 27.6. The van der Waals surface area contributed by atoms with Crippen LogP contribution >= 0.6 is 0 Å². The molecule has 7 heteroatoms. The summed E-state index contributed by atoms with van der Waals surface area (Å²) in [6.45, 7) is 5.72. The smallest absolute Gasteiger partial charge is 0.227 e. The van der Waals surface area contributed by atoms with Gasteiger partial charge in [-0.2, -0.15) is 0 Å². The molecule has 7 nitrogen and oxygen atoms in total. The molecule has 3 heterocycles. The van der Waals surface area contributed by atoms with Crippen LogP contribution in [0.3, 0.4) is 0 Å². The number of nitrogens with zero attached hydrogens (tertiary/aromatic N) is 5. The Kier molecular flexibility index (Phi) is 5.06. The Balaban J connectivity index is 1.37. The fourth-order valence-electron chi connectivity index (χ4n) is 3.48. The van der Waals surface area contributed by atoms with Crippen LogP contribution in [-0.2, 0) is 4.79 Å². The van der Waals surface area contributed by atoms with E-state index in [2.05, 4.69) is 39.0 Å². The normalized spacial score (nSPS) is 14.9. The Bertz CT molecular complexity index is 961. The largest absolute Gasteiger partial charge is 0.356 e. The minimum Gasteiger partial charge on any atom is -0.356 e. The van der Waals surface area contributed by atoms with Gasteiger partial charge in [0.1, 0.15) is 24.3 Å². The first kappa shape index (κ1) is 18.2. The van der Waals surface area contributed by atoms with Gasteiger partial charge >= 0.3 is 0 Å². The molecule has 4 rings (SSSR count). The molecule has 1 saturated heterocycles. The average molecular weight is 376 g/mol. The molecule has 3 aromatic rings. The second-order valence-corrected chi connectivity index (χ2v) is 7.25. The van der Waals surface area contributed by atoms with Crippen LogP contribution in [0.4, 0.5) is 11.5 Å². The molecular formula is C21H24N6O. The number of aryl methyl sites for hydroxylation is 2. The highest BCUT2D eigenvalue weighted by Crippen LogP contribution is 2.24. The van der Waals surface area contributed by atoms with Crippen molar-refractivity contribution < 1.29 is 4.79 Å². The molecule has 1 amide bonds. The van der Waals surface area contributed by atoms with Crippen LogP contribution in [0.5, 0.6) is 0 Å². The van der Waals surface area contributed by atoms with Crippen LogP contribution in [0.25, 0.3) is 5.82 Å². The van der Waals surface area contributed by atoms with Gasteiger partial charge < -0.3 is 10.2 Å². The third-order valence-corrected chi connectivity index (χ3v) is 5.37. The summed E-state index contributed by atoms with van der Waals surface area (Å²) in [7, 11) is 0. The van der Waals surface area contributed by atoms with E-state index >= 15 is 0 Å². The van der Waals surface area contributed by atoms with Crippen LogP contribution in [0.15, 0.2) is 49.3 Å². The van der Waals surface area contributed by atoms with E-state index in [1.165, 1.54) is 11.1 Å². The van der Waals surface area contributed by atoms with E-state index in [0.29, 0.717) is 0 Å². The highest BCUT2D eigenvalue weighted by molar-refractivity contribution is 5.92. The van der Waals surface area contributed by atoms with E-state index in [-0.39, 0.29) is 11.8 Å². The van der Waals surface area contributed by atoms with Crippen LogP contribution < -0.4 is 10.2 Å². The number of amides is 1. The predicted molar refractivity (Wildman–Crippen MR) is 109 cm³/mol. The van der Waals surface area contributed by atoms with Gasteiger partial charge in [-0.25, -0.2) is 15.0 Å². The van der Waals surface area contributed by atoms with Gasteiger partial charge in [-0.3, -0.25) is 9.36 Å². The first-order valence-electron chi connectivity index (χ1n) is 9.53. The lowest BCUT2D eigenvalue weighted by Gasteiger charge is -2.32. The Labute approximate surface area is 164 Å². The van der Waals surface area contributed by atoms with Crippen molar-refractivity contribution in [2.75, 3.05) is 23.3 Å². The molecular weight excluding hydrogens is 352 g/mol. The number of hydrogen-bond donors (Lipinski definition) is 1. The molecule has 0 aliphatic carbocycles. The minimum atomic E-state index is 0.0211. The van der Waals surface area contributed by atoms with E-state index in [9.17, 15) is 4.79 Å². The van der Waals surface area contributed by atoms with Crippen LogP contribution in [0, 0.1) is 19.8 Å². The molecule has 1 N–H and O–H groups in total. The first-order valence-corrected chi connectivity index (χ1v) is 9.53. The monoisotopic (exact) mass is 376 g/mol. The fourth-order valence-corrected chi connectivity index (χ4v) is 3.48. The van der Waals surface area contributed by atoms with Gasteiger partial charge in [0.15, 0.2) is 0 Å². The van der Waals surface area contributed by atoms with Gasteiger partial charge in [-0.05, 0) is 49.9 Å². The Morgan fingerprint density at radius 3 is 2.57 bits per heavy atom. The predicted octanol–water partition coefficient (Wildman–Crippen LogP) is 3.13. The number of aromatic nitrogens is 4. The Hall–Kier alpha value is -3.22. The number of nitrogens with one attached hydrogen (secondary N) is 1. The van der Waals surface area contributed by atoms with Crippen molar-refractivity contribution in [3.63, 3.8) is 0 Å². The van der Waals surface area contributed by atoms with Crippen molar-refractivity contribution in [3.05, 3.63) is 60.4 Å². The highest BCUT2D eigenvalue weighted by Gasteiger charge is 2.26. The molecule has 1 aliphatic heterocycles. The summed E-state index contributed by atoms with van der Waals surface area (Å²) in [5.74, 6) is 1.79. The summed E-state index contributed by atoms with van der Waals surface area (Å²) in [5.41, 5.74) is 3.28. The lowest BCUT2D eigenvalue weighted by Crippen LogP contribution is -2.38. The van der Waals surface area contributed by atoms with E-state index in [4.69, 9.17) is 0 Å². The Morgan fingerprint density at radius 1 is 1.07 bits per heavy atom. The summed E-state index contributed by atoms with van der Waals surface area (Å²) in [5, 5.41) is 3.07. The second-order valence-electron chi connectivity index (χ2n) is 7.25. The molecule has 1 aromatic carbocycles. The van der Waals surface area contributed by atoms with Gasteiger partial charge in [0, 0.05) is 43.2 Å². The zero-order chi connectivity index (χ0) is 19.5. The molecule has 0 saturated carbocycles. The van der Waals surface area contributed by atoms with Crippen molar-refractivity contribution in [1.82, 2.24) is 19.5 Å². The maximum absolute atomic E-state index is 12.7. The van der Waals surface area contributed by atoms with Crippen LogP contribution in [-0.4, -0.2) is 38.5 Å². The lowest BCUT2D eigenvalue weighted by atomic mass is 9.95. The zero-order valence-electron chi connectivity index (χ0n) is 16.2. The third kappa shape index (κ3) is 3.88. The quantitative estimate of drug-likeness (QED) is 0.757. The highest BCUT2D eigenvalue weighted by atomic mass is 16.1. The van der Waals surface area contributed by atoms with Crippen LogP contribution in [0.1, 0.15) is 24.0 Å². The van der Waals surface area contributed by atoms with E-state index < -0.39 is 0 Å². The van der Waals surface area contributed by atoms with Crippen molar-refractivity contribution in [3.8, 4) is 5.82 Å². The molecule has 0 unspecified atom stereocenters. The maximum atomic E-state index is 12.7. The molecule has 0 radical (unpaired) electrons. The summed E-state index contributed by atoms with van der Waals surface area (Å²) in [6, 6.07) is 7.99.